The molecular formula is C44H36F4N2O2Ti+2. The van der Waals surface area contributed by atoms with Crippen LogP contribution in [0.5, 0.6) is 0 Å². The Morgan fingerprint density at radius 2 is 0.962 bits per heavy atom. The van der Waals surface area contributed by atoms with Crippen molar-refractivity contribution in [1.29, 1.82) is 0 Å². The second-order valence-corrected chi connectivity index (χ2v) is 12.0. The van der Waals surface area contributed by atoms with Gasteiger partial charge in [0.1, 0.15) is 0 Å². The fraction of sp³-hybridized carbons (Fsp3) is 0.182. The van der Waals surface area contributed by atoms with Crippen molar-refractivity contribution >= 4 is 23.8 Å². The molecule has 264 valence electrons. The molecule has 4 aliphatic rings. The predicted octanol–water partition coefficient (Wildman–Crippen LogP) is 7.46. The van der Waals surface area contributed by atoms with Gasteiger partial charge in [-0.1, -0.05) is 37.1 Å². The zero-order chi connectivity index (χ0) is 36.7. The van der Waals surface area contributed by atoms with Crippen molar-refractivity contribution in [1.82, 2.24) is 0 Å². The maximum Gasteiger partial charge on any atom is 4.00 e. The zero-order valence-corrected chi connectivity index (χ0v) is 30.5. The molecule has 53 heavy (non-hydrogen) atoms. The molecule has 4 aromatic rings. The summed E-state index contributed by atoms with van der Waals surface area (Å²) < 4.78 is 54.3. The van der Waals surface area contributed by atoms with Crippen LogP contribution in [0.1, 0.15) is 49.7 Å². The van der Waals surface area contributed by atoms with Gasteiger partial charge < -0.3 is 0 Å². The number of nitroso groups, excluding NO2 is 2. The van der Waals surface area contributed by atoms with Gasteiger partial charge in [-0.2, -0.15) is 24.3 Å². The molecule has 0 saturated heterocycles. The summed E-state index contributed by atoms with van der Waals surface area (Å²) in [6.45, 7) is 0. The van der Waals surface area contributed by atoms with Crippen LogP contribution in [0.3, 0.4) is 0 Å². The second-order valence-electron chi connectivity index (χ2n) is 12.0. The molecule has 0 atom stereocenters. The molecule has 2 aliphatic carbocycles. The fourth-order valence-electron chi connectivity index (χ4n) is 5.79. The summed E-state index contributed by atoms with van der Waals surface area (Å²) in [5.41, 5.74) is 2.23. The molecule has 2 heterocycles. The predicted molar refractivity (Wildman–Crippen MR) is 194 cm³/mol. The Kier molecular flexibility index (Phi) is 16.0. The van der Waals surface area contributed by atoms with Crippen LogP contribution in [0, 0.1) is 57.4 Å². The van der Waals surface area contributed by atoms with Crippen molar-refractivity contribution in [3.63, 3.8) is 0 Å². The van der Waals surface area contributed by atoms with E-state index in [0.29, 0.717) is 61.0 Å². The number of allylic oxidation sites excluding steroid dienone is 8. The van der Waals surface area contributed by atoms with Crippen LogP contribution >= 0.6 is 0 Å². The standard InChI is InChI=1S/2C17H13F2NO.2C5H5.Ti/c2*18-14-9-8-12(16(19)10-14)5-3-7-17-15-6-2-1-4-13(15)11-20(17)21;2*1-2-4-5-3-1;/h2*1-2,4,6,8-9,11H,3,5,7H2;2*1-3H,4H2;/q;;2*-1;+4. The van der Waals surface area contributed by atoms with Gasteiger partial charge in [0.2, 0.25) is 23.8 Å². The van der Waals surface area contributed by atoms with Gasteiger partial charge in [-0.3, -0.25) is 12.2 Å². The van der Waals surface area contributed by atoms with E-state index in [0.717, 1.165) is 43.2 Å². The second kappa shape index (κ2) is 20.9. The topological polar surface area (TPSA) is 40.2 Å². The molecule has 0 saturated carbocycles. The number of halogens is 4. The number of aryl methyl sites for hydroxylation is 2. The Morgan fingerprint density at radius 3 is 1.30 bits per heavy atom. The van der Waals surface area contributed by atoms with Gasteiger partial charge >= 0.3 is 21.7 Å². The molecule has 8 rings (SSSR count). The van der Waals surface area contributed by atoms with Crippen LogP contribution in [-0.2, 0) is 34.6 Å². The minimum Gasteiger partial charge on any atom is -0.273 e. The Balaban J connectivity index is 0.000000184. The molecule has 0 unspecified atom stereocenters. The molecule has 0 amide bonds. The maximum absolute atomic E-state index is 13.5. The van der Waals surface area contributed by atoms with Crippen molar-refractivity contribution in [3.8, 4) is 0 Å². The first-order valence-corrected chi connectivity index (χ1v) is 17.0. The van der Waals surface area contributed by atoms with E-state index in [1.54, 1.807) is 12.4 Å². The summed E-state index contributed by atoms with van der Waals surface area (Å²) >= 11 is 0. The van der Waals surface area contributed by atoms with Gasteiger partial charge in [0.15, 0.2) is 0 Å². The molecule has 4 nitrogen and oxygen atoms in total. The number of nitrogens with zero attached hydrogens (tertiary/aromatic N) is 2. The van der Waals surface area contributed by atoms with Crippen molar-refractivity contribution in [2.45, 2.75) is 51.4 Å². The molecular weight excluding hydrogens is 712 g/mol. The van der Waals surface area contributed by atoms with Gasteiger partial charge in [0.05, 0.1) is 30.4 Å². The van der Waals surface area contributed by atoms with Crippen LogP contribution in [0.2, 0.25) is 0 Å². The fourth-order valence-corrected chi connectivity index (χ4v) is 5.79. The van der Waals surface area contributed by atoms with Crippen molar-refractivity contribution in [3.05, 3.63) is 199 Å². The zero-order valence-electron chi connectivity index (χ0n) is 28.9. The molecule has 0 radical (unpaired) electrons. The monoisotopic (exact) mass is 748 g/mol. The number of hydrogen-bond acceptors (Lipinski definition) is 2. The Labute approximate surface area is 321 Å². The third-order valence-electron chi connectivity index (χ3n) is 8.36. The van der Waals surface area contributed by atoms with Crippen LogP contribution in [0.4, 0.5) is 17.6 Å². The maximum atomic E-state index is 13.5. The third kappa shape index (κ3) is 12.0. The summed E-state index contributed by atoms with van der Waals surface area (Å²) in [4.78, 5) is 23.8. The number of fused-ring (bicyclic) bond motifs is 2. The summed E-state index contributed by atoms with van der Waals surface area (Å²) in [5.74, 6) is -2.71. The van der Waals surface area contributed by atoms with E-state index in [1.165, 1.54) is 24.3 Å². The van der Waals surface area contributed by atoms with E-state index in [4.69, 9.17) is 0 Å². The van der Waals surface area contributed by atoms with Crippen LogP contribution in [0.25, 0.3) is 23.8 Å². The minimum absolute atomic E-state index is 0. The van der Waals surface area contributed by atoms with Gasteiger partial charge in [0, 0.05) is 45.9 Å². The summed E-state index contributed by atoms with van der Waals surface area (Å²) in [6, 6.07) is 24.4. The van der Waals surface area contributed by atoms with Crippen LogP contribution in [-0.4, -0.2) is 9.52 Å². The first kappa shape index (κ1) is 40.7. The molecule has 4 aromatic carbocycles. The number of benzene rings is 4. The summed E-state index contributed by atoms with van der Waals surface area (Å²) in [7, 11) is 0. The van der Waals surface area contributed by atoms with Crippen molar-refractivity contribution < 1.29 is 48.8 Å². The molecule has 0 fully saturated rings. The van der Waals surface area contributed by atoms with E-state index in [-0.39, 0.29) is 21.7 Å². The smallest absolute Gasteiger partial charge is 0.273 e. The Hall–Kier alpha value is -5.05. The van der Waals surface area contributed by atoms with Crippen molar-refractivity contribution in [2.75, 3.05) is 0 Å². The quantitative estimate of drug-likeness (QED) is 0.0813. The van der Waals surface area contributed by atoms with E-state index in [1.807, 2.05) is 85.0 Å². The van der Waals surface area contributed by atoms with Crippen LogP contribution in [0.15, 0.2) is 109 Å². The summed E-state index contributed by atoms with van der Waals surface area (Å²) in [5, 5.41) is 3.67. The summed E-state index contributed by atoms with van der Waals surface area (Å²) in [6.07, 6.45) is 26.3. The van der Waals surface area contributed by atoms with E-state index in [2.05, 4.69) is 24.3 Å². The number of rotatable bonds is 8. The first-order chi connectivity index (χ1) is 25.3. The van der Waals surface area contributed by atoms with Gasteiger partial charge in [-0.05, 0) is 37.1 Å². The normalized spacial score (nSPS) is 13.8. The average Bonchev–Trinajstić information content (AvgIpc) is 3.98. The molecule has 0 spiro atoms. The van der Waals surface area contributed by atoms with Crippen molar-refractivity contribution in [2.24, 2.45) is 0 Å². The molecule has 2 aliphatic heterocycles. The van der Waals surface area contributed by atoms with Gasteiger partial charge in [-0.15, -0.1) is 48.2 Å². The van der Waals surface area contributed by atoms with Crippen LogP contribution < -0.4 is 20.9 Å². The Morgan fingerprint density at radius 1 is 0.547 bits per heavy atom. The SMILES string of the molecule is O=[N+]1C=c2ccccc2=C1CCCc1ccc(F)[c-]c1F.O=[N+]1C=c2ccccc2=C1CCCc1ccc(F)[c-]c1F.[C-]1=CC=CC1.[C-]1=CC=CC1.[Ti+4]. The molecule has 0 N–H and O–H groups in total. The van der Waals surface area contributed by atoms with E-state index < -0.39 is 23.3 Å². The largest absolute Gasteiger partial charge is 4.00 e. The van der Waals surface area contributed by atoms with E-state index in [9.17, 15) is 27.4 Å². The third-order valence-corrected chi connectivity index (χ3v) is 8.36. The molecule has 0 bridgehead atoms. The molecule has 0 aromatic heterocycles. The minimum atomic E-state index is -0.698. The van der Waals surface area contributed by atoms with Gasteiger partial charge in [-0.25, -0.2) is 41.9 Å². The van der Waals surface area contributed by atoms with Gasteiger partial charge in [0.25, 0.3) is 0 Å². The number of hydrogen-bond donors (Lipinski definition) is 0. The Bertz CT molecular complexity index is 2130. The van der Waals surface area contributed by atoms with E-state index >= 15 is 0 Å². The molecule has 9 heteroatoms. The first-order valence-electron chi connectivity index (χ1n) is 17.0. The average molecular weight is 749 g/mol.